The topological polar surface area (TPSA) is 118 Å². The minimum Gasteiger partial charge on any atom is -0.478 e. The molecule has 0 amide bonds. The Morgan fingerprint density at radius 3 is 1.83 bits per heavy atom. The number of carbonyl (C=O) groups excluding carboxylic acids is 2. The molecule has 7 nitrogen and oxygen atoms in total. The normalized spacial score (nSPS) is 9.91. The van der Waals surface area contributed by atoms with E-state index in [1.54, 1.807) is 18.2 Å². The maximum atomic E-state index is 11.9. The Morgan fingerprint density at radius 2 is 1.26 bits per heavy atom. The molecule has 0 saturated heterocycles. The van der Waals surface area contributed by atoms with Gasteiger partial charge in [-0.05, 0) is 30.3 Å². The van der Waals surface area contributed by atoms with Crippen LogP contribution in [-0.4, -0.2) is 34.1 Å². The van der Waals surface area contributed by atoms with Gasteiger partial charge in [-0.25, -0.2) is 19.2 Å². The van der Waals surface area contributed by atoms with Crippen molar-refractivity contribution in [3.8, 4) is 0 Å². The smallest absolute Gasteiger partial charge is 0.346 e. The van der Waals surface area contributed by atoms with Gasteiger partial charge in [0.05, 0.1) is 22.3 Å². The summed E-state index contributed by atoms with van der Waals surface area (Å²) in [6, 6.07) is 10.7. The van der Waals surface area contributed by atoms with Gasteiger partial charge in [0, 0.05) is 0 Å². The van der Waals surface area contributed by atoms with Crippen LogP contribution >= 0.6 is 0 Å². The van der Waals surface area contributed by atoms with Crippen molar-refractivity contribution >= 4 is 23.9 Å². The van der Waals surface area contributed by atoms with E-state index < -0.39 is 35.0 Å². The van der Waals surface area contributed by atoms with E-state index in [4.69, 9.17) is 10.2 Å². The summed E-state index contributed by atoms with van der Waals surface area (Å²) in [7, 11) is 0. The highest BCUT2D eigenvalue weighted by Crippen LogP contribution is 2.14. The summed E-state index contributed by atoms with van der Waals surface area (Å²) in [6.07, 6.45) is 0. The van der Waals surface area contributed by atoms with Crippen LogP contribution in [0.1, 0.15) is 41.4 Å². The van der Waals surface area contributed by atoms with Crippen LogP contribution in [0.4, 0.5) is 0 Å². The molecule has 2 aromatic rings. The van der Waals surface area contributed by atoms with Crippen LogP contribution in [0.2, 0.25) is 0 Å². The lowest BCUT2D eigenvalue weighted by Gasteiger charge is -2.06. The zero-order valence-corrected chi connectivity index (χ0v) is 11.6. The van der Waals surface area contributed by atoms with Gasteiger partial charge in [-0.15, -0.1) is 0 Å². The third-order valence-electron chi connectivity index (χ3n) is 2.91. The van der Waals surface area contributed by atoms with E-state index in [-0.39, 0.29) is 11.1 Å². The number of benzene rings is 2. The van der Waals surface area contributed by atoms with Gasteiger partial charge in [0.2, 0.25) is 0 Å². The minimum atomic E-state index is -1.51. The van der Waals surface area contributed by atoms with Crippen LogP contribution in [0, 0.1) is 0 Å². The van der Waals surface area contributed by atoms with Gasteiger partial charge < -0.3 is 14.9 Å². The lowest BCUT2D eigenvalue weighted by atomic mass is 10.0. The summed E-state index contributed by atoms with van der Waals surface area (Å²) < 4.78 is 4.64. The summed E-state index contributed by atoms with van der Waals surface area (Å²) in [5.74, 6) is -4.91. The van der Waals surface area contributed by atoms with E-state index in [0.29, 0.717) is 0 Å². The second-order valence-electron chi connectivity index (χ2n) is 4.41. The third-order valence-corrected chi connectivity index (χ3v) is 2.91. The number of hydrogen-bond donors (Lipinski definition) is 2. The van der Waals surface area contributed by atoms with Gasteiger partial charge in [0.1, 0.15) is 0 Å². The van der Waals surface area contributed by atoms with Gasteiger partial charge in [-0.1, -0.05) is 18.2 Å². The molecule has 23 heavy (non-hydrogen) atoms. The van der Waals surface area contributed by atoms with Crippen molar-refractivity contribution in [3.63, 3.8) is 0 Å². The molecule has 0 aliphatic heterocycles. The SMILES string of the molecule is O=C(OC(=O)c1ccc(C(=O)O)c(C(=O)O)c1)c1ccccc1. The number of carboxylic acid groups (broad SMARTS) is 2. The molecule has 0 unspecified atom stereocenters. The number of aromatic carboxylic acids is 2. The molecule has 0 aliphatic carbocycles. The maximum absolute atomic E-state index is 11.9. The first-order chi connectivity index (χ1) is 10.9. The van der Waals surface area contributed by atoms with Gasteiger partial charge in [0.25, 0.3) is 0 Å². The first kappa shape index (κ1) is 15.9. The van der Waals surface area contributed by atoms with Crippen LogP contribution in [0.15, 0.2) is 48.5 Å². The number of carboxylic acids is 2. The summed E-state index contributed by atoms with van der Waals surface area (Å²) in [5.41, 5.74) is -1.12. The molecule has 0 saturated carbocycles. The zero-order chi connectivity index (χ0) is 17.0. The molecule has 0 radical (unpaired) electrons. The molecular weight excluding hydrogens is 304 g/mol. The van der Waals surface area contributed by atoms with Crippen molar-refractivity contribution in [1.82, 2.24) is 0 Å². The van der Waals surface area contributed by atoms with E-state index in [1.807, 2.05) is 0 Å². The van der Waals surface area contributed by atoms with E-state index in [0.717, 1.165) is 18.2 Å². The van der Waals surface area contributed by atoms with Gasteiger partial charge in [-0.2, -0.15) is 0 Å². The molecule has 0 bridgehead atoms. The van der Waals surface area contributed by atoms with Crippen molar-refractivity contribution in [2.45, 2.75) is 0 Å². The maximum Gasteiger partial charge on any atom is 0.346 e. The highest BCUT2D eigenvalue weighted by Gasteiger charge is 2.21. The monoisotopic (exact) mass is 314 g/mol. The molecule has 7 heteroatoms. The van der Waals surface area contributed by atoms with Gasteiger partial charge in [0.15, 0.2) is 0 Å². The summed E-state index contributed by atoms with van der Waals surface area (Å²) in [4.78, 5) is 45.7. The van der Waals surface area contributed by atoms with Crippen LogP contribution in [0.3, 0.4) is 0 Å². The van der Waals surface area contributed by atoms with Crippen LogP contribution < -0.4 is 0 Å². The second-order valence-corrected chi connectivity index (χ2v) is 4.41. The van der Waals surface area contributed by atoms with Crippen molar-refractivity contribution < 1.29 is 34.1 Å². The predicted octanol–water partition coefficient (Wildman–Crippen LogP) is 2.08. The standard InChI is InChI=1S/C16H10O7/c17-13(18)11-7-6-10(8-12(11)14(19)20)16(22)23-15(21)9-4-2-1-3-5-9/h1-8H,(H,17,18)(H,19,20). The number of hydrogen-bond acceptors (Lipinski definition) is 5. The Kier molecular flexibility index (Phi) is 4.51. The van der Waals surface area contributed by atoms with Crippen LogP contribution in [0.25, 0.3) is 0 Å². The number of esters is 2. The molecule has 2 aromatic carbocycles. The molecule has 2 N–H and O–H groups in total. The fourth-order valence-corrected chi connectivity index (χ4v) is 1.81. The number of rotatable bonds is 4. The van der Waals surface area contributed by atoms with E-state index in [2.05, 4.69) is 4.74 Å². The molecular formula is C16H10O7. The molecule has 0 atom stereocenters. The number of carbonyl (C=O) groups is 4. The summed E-state index contributed by atoms with van der Waals surface area (Å²) >= 11 is 0. The van der Waals surface area contributed by atoms with Gasteiger partial charge >= 0.3 is 23.9 Å². The fraction of sp³-hybridized carbons (Fsp3) is 0. The molecule has 0 aliphatic rings. The molecule has 0 aromatic heterocycles. The van der Waals surface area contributed by atoms with E-state index >= 15 is 0 Å². The average molecular weight is 314 g/mol. The summed E-state index contributed by atoms with van der Waals surface area (Å²) in [6.45, 7) is 0. The lowest BCUT2D eigenvalue weighted by Crippen LogP contribution is -2.15. The fourth-order valence-electron chi connectivity index (χ4n) is 1.81. The zero-order valence-electron chi connectivity index (χ0n) is 11.6. The van der Waals surface area contributed by atoms with Crippen LogP contribution in [-0.2, 0) is 4.74 Å². The van der Waals surface area contributed by atoms with Crippen LogP contribution in [0.5, 0.6) is 0 Å². The Bertz CT molecular complexity index is 793. The Morgan fingerprint density at radius 1 is 0.696 bits per heavy atom. The molecule has 0 spiro atoms. The predicted molar refractivity (Wildman–Crippen MR) is 76.5 cm³/mol. The Labute approximate surface area is 129 Å². The first-order valence-corrected chi connectivity index (χ1v) is 6.32. The summed E-state index contributed by atoms with van der Waals surface area (Å²) in [5, 5.41) is 17.9. The second kappa shape index (κ2) is 6.52. The van der Waals surface area contributed by atoms with Gasteiger partial charge in [-0.3, -0.25) is 0 Å². The van der Waals surface area contributed by atoms with Crippen molar-refractivity contribution in [3.05, 3.63) is 70.8 Å². The lowest BCUT2D eigenvalue weighted by molar-refractivity contribution is 0.0396. The molecule has 116 valence electrons. The Balaban J connectivity index is 2.26. The molecule has 0 fully saturated rings. The first-order valence-electron chi connectivity index (χ1n) is 6.32. The van der Waals surface area contributed by atoms with Crippen molar-refractivity contribution in [2.24, 2.45) is 0 Å². The highest BCUT2D eigenvalue weighted by molar-refractivity contribution is 6.06. The minimum absolute atomic E-state index is 0.154. The highest BCUT2D eigenvalue weighted by atomic mass is 16.6. The van der Waals surface area contributed by atoms with Crippen molar-refractivity contribution in [1.29, 1.82) is 0 Å². The van der Waals surface area contributed by atoms with E-state index in [9.17, 15) is 19.2 Å². The molecule has 2 rings (SSSR count). The quantitative estimate of drug-likeness (QED) is 0.655. The largest absolute Gasteiger partial charge is 0.478 e. The van der Waals surface area contributed by atoms with Crippen molar-refractivity contribution in [2.75, 3.05) is 0 Å². The van der Waals surface area contributed by atoms with E-state index in [1.165, 1.54) is 12.1 Å². The molecule has 0 heterocycles. The third kappa shape index (κ3) is 3.59. The number of ether oxygens (including phenoxy) is 1. The average Bonchev–Trinajstić information content (AvgIpc) is 2.54. The Hall–Kier alpha value is -3.48.